The Morgan fingerprint density at radius 1 is 1.19 bits per heavy atom. The van der Waals surface area contributed by atoms with Gasteiger partial charge in [-0.2, -0.15) is 0 Å². The van der Waals surface area contributed by atoms with E-state index in [9.17, 15) is 9.59 Å². The summed E-state index contributed by atoms with van der Waals surface area (Å²) in [5.74, 6) is -0.890. The normalized spacial score (nSPS) is 12.0. The highest BCUT2D eigenvalue weighted by Crippen LogP contribution is 2.26. The van der Waals surface area contributed by atoms with Crippen LogP contribution in [-0.2, 0) is 9.59 Å². The van der Waals surface area contributed by atoms with Crippen LogP contribution in [0.4, 0.5) is 5.69 Å². The van der Waals surface area contributed by atoms with Crippen LogP contribution in [0.1, 0.15) is 31.7 Å². The molecule has 2 amide bonds. The molecule has 0 bridgehead atoms. The van der Waals surface area contributed by atoms with Gasteiger partial charge in [0.15, 0.2) is 0 Å². The van der Waals surface area contributed by atoms with Gasteiger partial charge in [0.2, 0.25) is 0 Å². The number of hydrogen-bond acceptors (Lipinski definition) is 3. The number of carbonyl (C=O) groups is 2. The van der Waals surface area contributed by atoms with Gasteiger partial charge >= 0.3 is 11.8 Å². The number of amides is 2. The van der Waals surface area contributed by atoms with Crippen LogP contribution in [0, 0.1) is 0 Å². The molecule has 0 fully saturated rings. The van der Waals surface area contributed by atoms with Crippen molar-refractivity contribution in [3.63, 3.8) is 0 Å². The van der Waals surface area contributed by atoms with Crippen LogP contribution in [0.5, 0.6) is 0 Å². The van der Waals surface area contributed by atoms with E-state index in [-0.39, 0.29) is 0 Å². The molecule has 0 aliphatic rings. The second-order valence-corrected chi connectivity index (χ2v) is 5.41. The number of nitrogens with zero attached hydrogens (tertiary/aromatic N) is 1. The second kappa shape index (κ2) is 8.42. The van der Waals surface area contributed by atoms with E-state index in [0.717, 1.165) is 12.0 Å². The highest BCUT2D eigenvalue weighted by molar-refractivity contribution is 6.39. The second-order valence-electron chi connectivity index (χ2n) is 5.41. The molecule has 116 valence electrons. The third-order valence-corrected chi connectivity index (χ3v) is 3.40. The first-order valence-corrected chi connectivity index (χ1v) is 7.28. The molecular weight excluding hydrogens is 266 g/mol. The van der Waals surface area contributed by atoms with E-state index in [2.05, 4.69) is 24.5 Å². The first-order chi connectivity index (χ1) is 9.95. The molecule has 5 heteroatoms. The van der Waals surface area contributed by atoms with Crippen LogP contribution in [0.2, 0.25) is 0 Å². The van der Waals surface area contributed by atoms with Crippen molar-refractivity contribution in [3.05, 3.63) is 29.8 Å². The molecule has 1 aromatic rings. The van der Waals surface area contributed by atoms with Crippen LogP contribution in [0.25, 0.3) is 0 Å². The van der Waals surface area contributed by atoms with Crippen molar-refractivity contribution in [3.8, 4) is 0 Å². The molecule has 2 N–H and O–H groups in total. The molecule has 0 spiro atoms. The van der Waals surface area contributed by atoms with Crippen LogP contribution in [-0.4, -0.2) is 43.9 Å². The number of nitrogens with one attached hydrogen (secondary N) is 2. The maximum absolute atomic E-state index is 11.9. The number of para-hydroxylation sites is 1. The minimum absolute atomic E-state index is 0.332. The Hall–Kier alpha value is -1.88. The lowest BCUT2D eigenvalue weighted by Crippen LogP contribution is -2.38. The van der Waals surface area contributed by atoms with Gasteiger partial charge in [-0.05, 0) is 38.1 Å². The summed E-state index contributed by atoms with van der Waals surface area (Å²) in [5.41, 5.74) is 1.76. The Kier molecular flexibility index (Phi) is 6.88. The standard InChI is InChI=1S/C16H25N3O2/c1-5-12(2)13-8-6-7-9-14(13)18-16(21)15(20)17-10-11-19(3)4/h6-9,12H,5,10-11H2,1-4H3,(H,17,20)(H,18,21). The van der Waals surface area contributed by atoms with Gasteiger partial charge in [0.25, 0.3) is 0 Å². The van der Waals surface area contributed by atoms with Gasteiger partial charge in [-0.3, -0.25) is 9.59 Å². The van der Waals surface area contributed by atoms with Gasteiger partial charge in [-0.1, -0.05) is 32.0 Å². The molecule has 0 heterocycles. The van der Waals surface area contributed by atoms with Crippen LogP contribution < -0.4 is 10.6 Å². The highest BCUT2D eigenvalue weighted by Gasteiger charge is 2.16. The van der Waals surface area contributed by atoms with E-state index in [4.69, 9.17) is 0 Å². The summed E-state index contributed by atoms with van der Waals surface area (Å²) in [6, 6.07) is 7.60. The molecule has 0 aliphatic heterocycles. The van der Waals surface area contributed by atoms with E-state index in [1.165, 1.54) is 0 Å². The van der Waals surface area contributed by atoms with E-state index >= 15 is 0 Å². The summed E-state index contributed by atoms with van der Waals surface area (Å²) in [4.78, 5) is 25.6. The number of likely N-dealkylation sites (N-methyl/N-ethyl adjacent to an activating group) is 1. The van der Waals surface area contributed by atoms with E-state index < -0.39 is 11.8 Å². The number of rotatable bonds is 6. The van der Waals surface area contributed by atoms with Crippen molar-refractivity contribution in [1.82, 2.24) is 10.2 Å². The van der Waals surface area contributed by atoms with Crippen molar-refractivity contribution in [2.75, 3.05) is 32.5 Å². The fraction of sp³-hybridized carbons (Fsp3) is 0.500. The number of carbonyl (C=O) groups excluding carboxylic acids is 2. The minimum Gasteiger partial charge on any atom is -0.347 e. The Morgan fingerprint density at radius 3 is 2.48 bits per heavy atom. The molecule has 0 aromatic heterocycles. The summed E-state index contributed by atoms with van der Waals surface area (Å²) in [6.45, 7) is 5.34. The van der Waals surface area contributed by atoms with Gasteiger partial charge in [-0.15, -0.1) is 0 Å². The van der Waals surface area contributed by atoms with E-state index in [0.29, 0.717) is 24.7 Å². The molecule has 0 saturated heterocycles. The molecule has 0 radical (unpaired) electrons. The quantitative estimate of drug-likeness (QED) is 0.786. The maximum Gasteiger partial charge on any atom is 0.313 e. The zero-order valence-corrected chi connectivity index (χ0v) is 13.3. The molecule has 5 nitrogen and oxygen atoms in total. The first-order valence-electron chi connectivity index (χ1n) is 7.28. The zero-order valence-electron chi connectivity index (χ0n) is 13.3. The third-order valence-electron chi connectivity index (χ3n) is 3.40. The lowest BCUT2D eigenvalue weighted by Gasteiger charge is -2.15. The largest absolute Gasteiger partial charge is 0.347 e. The maximum atomic E-state index is 11.9. The van der Waals surface area contributed by atoms with Crippen molar-refractivity contribution >= 4 is 17.5 Å². The Morgan fingerprint density at radius 2 is 1.86 bits per heavy atom. The van der Waals surface area contributed by atoms with Crippen molar-refractivity contribution < 1.29 is 9.59 Å². The van der Waals surface area contributed by atoms with Crippen molar-refractivity contribution in [1.29, 1.82) is 0 Å². The minimum atomic E-state index is -0.621. The fourth-order valence-corrected chi connectivity index (χ4v) is 1.91. The summed E-state index contributed by atoms with van der Waals surface area (Å²) >= 11 is 0. The van der Waals surface area contributed by atoms with Gasteiger partial charge in [0.1, 0.15) is 0 Å². The number of hydrogen-bond donors (Lipinski definition) is 2. The number of anilines is 1. The van der Waals surface area contributed by atoms with Gasteiger partial charge in [-0.25, -0.2) is 0 Å². The predicted octanol–water partition coefficient (Wildman–Crippen LogP) is 1.82. The predicted molar refractivity (Wildman–Crippen MR) is 85.3 cm³/mol. The summed E-state index contributed by atoms with van der Waals surface area (Å²) < 4.78 is 0. The average Bonchev–Trinajstić information content (AvgIpc) is 2.46. The van der Waals surface area contributed by atoms with Crippen LogP contribution in [0.15, 0.2) is 24.3 Å². The van der Waals surface area contributed by atoms with Gasteiger partial charge in [0.05, 0.1) is 0 Å². The topological polar surface area (TPSA) is 61.4 Å². The molecular formula is C16H25N3O2. The monoisotopic (exact) mass is 291 g/mol. The molecule has 21 heavy (non-hydrogen) atoms. The molecule has 1 aromatic carbocycles. The fourth-order valence-electron chi connectivity index (χ4n) is 1.91. The summed E-state index contributed by atoms with van der Waals surface area (Å²) in [7, 11) is 3.82. The van der Waals surface area contributed by atoms with Crippen LogP contribution >= 0.6 is 0 Å². The molecule has 1 rings (SSSR count). The Bertz CT molecular complexity index is 486. The highest BCUT2D eigenvalue weighted by atomic mass is 16.2. The van der Waals surface area contributed by atoms with Crippen molar-refractivity contribution in [2.24, 2.45) is 0 Å². The molecule has 1 atom stereocenters. The van der Waals surface area contributed by atoms with E-state index in [1.807, 2.05) is 43.3 Å². The van der Waals surface area contributed by atoms with Crippen molar-refractivity contribution in [2.45, 2.75) is 26.2 Å². The smallest absolute Gasteiger partial charge is 0.313 e. The first kappa shape index (κ1) is 17.2. The summed E-state index contributed by atoms with van der Waals surface area (Å²) in [6.07, 6.45) is 0.974. The Balaban J connectivity index is 2.64. The molecule has 0 saturated carbocycles. The lowest BCUT2D eigenvalue weighted by molar-refractivity contribution is -0.136. The lowest BCUT2D eigenvalue weighted by atomic mass is 9.97. The van der Waals surface area contributed by atoms with Gasteiger partial charge < -0.3 is 15.5 Å². The van der Waals surface area contributed by atoms with Gasteiger partial charge in [0, 0.05) is 18.8 Å². The molecule has 0 aliphatic carbocycles. The SMILES string of the molecule is CCC(C)c1ccccc1NC(=O)C(=O)NCCN(C)C. The van der Waals surface area contributed by atoms with E-state index in [1.54, 1.807) is 0 Å². The van der Waals surface area contributed by atoms with Crippen LogP contribution in [0.3, 0.4) is 0 Å². The average molecular weight is 291 g/mol. The Labute approximate surface area is 126 Å². The molecule has 1 unspecified atom stereocenters. The number of benzene rings is 1. The zero-order chi connectivity index (χ0) is 15.8. The third kappa shape index (κ3) is 5.55. The summed E-state index contributed by atoms with van der Waals surface area (Å²) in [5, 5.41) is 5.30.